The molecule has 0 atom stereocenters. The zero-order chi connectivity index (χ0) is 15.4. The van der Waals surface area contributed by atoms with Gasteiger partial charge in [-0.3, -0.25) is 19.7 Å². The van der Waals surface area contributed by atoms with Crippen LogP contribution >= 0.6 is 0 Å². The lowest BCUT2D eigenvalue weighted by Crippen LogP contribution is -2.46. The smallest absolute Gasteiger partial charge is 0.268 e. The third-order valence-corrected chi connectivity index (χ3v) is 3.68. The lowest BCUT2D eigenvalue weighted by molar-refractivity contribution is 0.0995. The van der Waals surface area contributed by atoms with Gasteiger partial charge in [-0.15, -0.1) is 0 Å². The Hall–Kier alpha value is -2.54. The van der Waals surface area contributed by atoms with Crippen LogP contribution in [0, 0.1) is 0 Å². The lowest BCUT2D eigenvalue weighted by Gasteiger charge is -2.35. The molecule has 0 saturated carbocycles. The van der Waals surface area contributed by atoms with Gasteiger partial charge < -0.3 is 10.6 Å². The van der Waals surface area contributed by atoms with E-state index in [1.54, 1.807) is 6.20 Å². The summed E-state index contributed by atoms with van der Waals surface area (Å²) in [6.45, 7) is 4.35. The number of nitrogens with two attached hydrogens (primary N) is 1. The molecule has 0 aromatic carbocycles. The van der Waals surface area contributed by atoms with Crippen molar-refractivity contribution in [1.29, 1.82) is 0 Å². The van der Waals surface area contributed by atoms with Crippen LogP contribution < -0.4 is 10.6 Å². The molecule has 2 N–H and O–H groups in total. The van der Waals surface area contributed by atoms with E-state index in [1.807, 2.05) is 24.4 Å². The normalized spacial score (nSPS) is 15.7. The first-order chi connectivity index (χ1) is 10.7. The molecule has 3 rings (SSSR count). The van der Waals surface area contributed by atoms with Gasteiger partial charge in [0, 0.05) is 38.9 Å². The first kappa shape index (κ1) is 14.4. The van der Waals surface area contributed by atoms with Crippen LogP contribution in [0.25, 0.3) is 0 Å². The second-order valence-electron chi connectivity index (χ2n) is 5.21. The van der Waals surface area contributed by atoms with Crippen molar-refractivity contribution in [3.8, 4) is 0 Å². The van der Waals surface area contributed by atoms with Crippen LogP contribution in [0.4, 0.5) is 5.82 Å². The topological polar surface area (TPSA) is 88.2 Å². The first-order valence-electron chi connectivity index (χ1n) is 7.21. The third-order valence-electron chi connectivity index (χ3n) is 3.68. The van der Waals surface area contributed by atoms with E-state index in [1.165, 1.54) is 6.20 Å². The van der Waals surface area contributed by atoms with Crippen molar-refractivity contribution in [3.63, 3.8) is 0 Å². The molecule has 7 heteroatoms. The van der Waals surface area contributed by atoms with Crippen molar-refractivity contribution in [2.45, 2.75) is 6.54 Å². The minimum atomic E-state index is -0.553. The fraction of sp³-hybridized carbons (Fsp3) is 0.333. The van der Waals surface area contributed by atoms with Crippen molar-refractivity contribution in [3.05, 3.63) is 48.2 Å². The van der Waals surface area contributed by atoms with Crippen LogP contribution in [0.1, 0.15) is 16.2 Å². The largest absolute Gasteiger partial charge is 0.364 e. The summed E-state index contributed by atoms with van der Waals surface area (Å²) < 4.78 is 0. The summed E-state index contributed by atoms with van der Waals surface area (Å²) in [6.07, 6.45) is 4.88. The monoisotopic (exact) mass is 298 g/mol. The van der Waals surface area contributed by atoms with E-state index in [9.17, 15) is 4.79 Å². The summed E-state index contributed by atoms with van der Waals surface area (Å²) in [5.41, 5.74) is 6.52. The minimum Gasteiger partial charge on any atom is -0.364 e. The number of rotatable bonds is 4. The van der Waals surface area contributed by atoms with Crippen LogP contribution in [0.3, 0.4) is 0 Å². The van der Waals surface area contributed by atoms with Gasteiger partial charge in [-0.25, -0.2) is 4.98 Å². The maximum atomic E-state index is 11.2. The Labute approximate surface area is 128 Å². The van der Waals surface area contributed by atoms with Crippen LogP contribution in [-0.2, 0) is 6.54 Å². The number of primary amides is 1. The number of anilines is 1. The third kappa shape index (κ3) is 3.37. The highest BCUT2D eigenvalue weighted by atomic mass is 16.1. The highest BCUT2D eigenvalue weighted by molar-refractivity contribution is 5.90. The van der Waals surface area contributed by atoms with Gasteiger partial charge in [0.2, 0.25) is 0 Å². The Morgan fingerprint density at radius 3 is 2.68 bits per heavy atom. The van der Waals surface area contributed by atoms with E-state index in [0.29, 0.717) is 5.82 Å². The number of nitrogens with zero attached hydrogens (tertiary/aromatic N) is 5. The quantitative estimate of drug-likeness (QED) is 0.873. The molecule has 1 aliphatic heterocycles. The number of piperazine rings is 1. The van der Waals surface area contributed by atoms with Crippen LogP contribution in [-0.4, -0.2) is 51.9 Å². The zero-order valence-electron chi connectivity index (χ0n) is 12.2. The molecule has 1 amide bonds. The van der Waals surface area contributed by atoms with Gasteiger partial charge in [-0.05, 0) is 12.1 Å². The second-order valence-corrected chi connectivity index (χ2v) is 5.21. The summed E-state index contributed by atoms with van der Waals surface area (Å²) in [5.74, 6) is 0.150. The average molecular weight is 298 g/mol. The number of pyridine rings is 1. The Morgan fingerprint density at radius 1 is 1.18 bits per heavy atom. The molecule has 2 aromatic rings. The van der Waals surface area contributed by atoms with E-state index in [2.05, 4.69) is 24.8 Å². The van der Waals surface area contributed by atoms with Gasteiger partial charge in [0.05, 0.1) is 18.1 Å². The molecular weight excluding hydrogens is 280 g/mol. The fourth-order valence-electron chi connectivity index (χ4n) is 2.48. The SMILES string of the molecule is NC(=O)c1cncc(N2CCN(Cc3ccccn3)CC2)n1. The summed E-state index contributed by atoms with van der Waals surface area (Å²) in [4.78, 5) is 28.3. The first-order valence-corrected chi connectivity index (χ1v) is 7.21. The fourth-order valence-corrected chi connectivity index (χ4v) is 2.48. The molecule has 0 aliphatic carbocycles. The minimum absolute atomic E-state index is 0.202. The van der Waals surface area contributed by atoms with E-state index < -0.39 is 5.91 Å². The van der Waals surface area contributed by atoms with E-state index in [4.69, 9.17) is 5.73 Å². The molecule has 7 nitrogen and oxygen atoms in total. The second kappa shape index (κ2) is 6.48. The Morgan fingerprint density at radius 2 is 2.00 bits per heavy atom. The van der Waals surface area contributed by atoms with Gasteiger partial charge in [-0.1, -0.05) is 6.07 Å². The molecule has 114 valence electrons. The molecule has 0 bridgehead atoms. The summed E-state index contributed by atoms with van der Waals surface area (Å²) >= 11 is 0. The van der Waals surface area contributed by atoms with Crippen molar-refractivity contribution in [1.82, 2.24) is 19.9 Å². The van der Waals surface area contributed by atoms with Crippen molar-refractivity contribution in [2.75, 3.05) is 31.1 Å². The molecule has 0 unspecified atom stereocenters. The molecule has 1 aliphatic rings. The van der Waals surface area contributed by atoms with E-state index in [0.717, 1.165) is 38.4 Å². The highest BCUT2D eigenvalue weighted by Gasteiger charge is 2.19. The molecule has 2 aromatic heterocycles. The van der Waals surface area contributed by atoms with Crippen molar-refractivity contribution in [2.24, 2.45) is 5.73 Å². The Balaban J connectivity index is 1.60. The van der Waals surface area contributed by atoms with E-state index in [-0.39, 0.29) is 5.69 Å². The van der Waals surface area contributed by atoms with Gasteiger partial charge in [0.25, 0.3) is 5.91 Å². The van der Waals surface area contributed by atoms with Crippen molar-refractivity contribution >= 4 is 11.7 Å². The van der Waals surface area contributed by atoms with Gasteiger partial charge >= 0.3 is 0 Å². The molecule has 1 fully saturated rings. The molecule has 22 heavy (non-hydrogen) atoms. The number of aromatic nitrogens is 3. The molecule has 0 radical (unpaired) electrons. The standard InChI is InChI=1S/C15H18N6O/c16-15(22)13-9-17-10-14(19-13)21-7-5-20(6-8-21)11-12-3-1-2-4-18-12/h1-4,9-10H,5-8,11H2,(H2,16,22). The highest BCUT2D eigenvalue weighted by Crippen LogP contribution is 2.14. The number of carbonyl (C=O) groups excluding carboxylic acids is 1. The Bertz CT molecular complexity index is 639. The number of carbonyl (C=O) groups is 1. The van der Waals surface area contributed by atoms with Crippen LogP contribution in [0.2, 0.25) is 0 Å². The van der Waals surface area contributed by atoms with Gasteiger partial charge in [-0.2, -0.15) is 0 Å². The van der Waals surface area contributed by atoms with Crippen LogP contribution in [0.5, 0.6) is 0 Å². The summed E-state index contributed by atoms with van der Waals surface area (Å²) in [6, 6.07) is 5.96. The average Bonchev–Trinajstić information content (AvgIpc) is 2.56. The predicted molar refractivity (Wildman–Crippen MR) is 82.3 cm³/mol. The van der Waals surface area contributed by atoms with Crippen LogP contribution in [0.15, 0.2) is 36.8 Å². The molecule has 3 heterocycles. The van der Waals surface area contributed by atoms with Crippen molar-refractivity contribution < 1.29 is 4.79 Å². The van der Waals surface area contributed by atoms with Gasteiger partial charge in [0.15, 0.2) is 0 Å². The van der Waals surface area contributed by atoms with Gasteiger partial charge in [0.1, 0.15) is 11.5 Å². The molecule has 0 spiro atoms. The molecule has 1 saturated heterocycles. The number of hydrogen-bond acceptors (Lipinski definition) is 6. The lowest BCUT2D eigenvalue weighted by atomic mass is 10.2. The molecular formula is C15H18N6O. The Kier molecular flexibility index (Phi) is 4.24. The predicted octanol–water partition coefficient (Wildman–Crippen LogP) is 0.293. The summed E-state index contributed by atoms with van der Waals surface area (Å²) in [5, 5.41) is 0. The number of hydrogen-bond donors (Lipinski definition) is 1. The summed E-state index contributed by atoms with van der Waals surface area (Å²) in [7, 11) is 0. The maximum Gasteiger partial charge on any atom is 0.268 e. The zero-order valence-corrected chi connectivity index (χ0v) is 12.2. The number of amides is 1. The van der Waals surface area contributed by atoms with E-state index >= 15 is 0 Å². The maximum absolute atomic E-state index is 11.2.